The van der Waals surface area contributed by atoms with Crippen molar-refractivity contribution in [3.63, 3.8) is 0 Å². The van der Waals surface area contributed by atoms with Crippen LogP contribution in [0.2, 0.25) is 0 Å². The molecule has 0 heterocycles. The number of nitrogens with zero attached hydrogens (tertiary/aromatic N) is 1. The number of halogens is 2. The second-order valence-electron chi connectivity index (χ2n) is 3.37. The first-order valence-electron chi connectivity index (χ1n) is 5.23. The summed E-state index contributed by atoms with van der Waals surface area (Å²) >= 11 is 0. The molecule has 1 aromatic rings. The molecule has 0 saturated carbocycles. The van der Waals surface area contributed by atoms with E-state index in [0.717, 1.165) is 31.4 Å². The lowest BCUT2D eigenvalue weighted by Gasteiger charge is -2.00. The first-order chi connectivity index (χ1) is 7.74. The van der Waals surface area contributed by atoms with Crippen molar-refractivity contribution in [1.29, 1.82) is 0 Å². The van der Waals surface area contributed by atoms with E-state index in [9.17, 15) is 8.78 Å². The van der Waals surface area contributed by atoms with Gasteiger partial charge in [0, 0.05) is 0 Å². The molecule has 0 bridgehead atoms. The van der Waals surface area contributed by atoms with Gasteiger partial charge in [-0.3, -0.25) is 0 Å². The topological polar surface area (TPSA) is 21.6 Å². The van der Waals surface area contributed by atoms with E-state index in [-0.39, 0.29) is 6.61 Å². The first-order valence-corrected chi connectivity index (χ1v) is 5.23. The lowest BCUT2D eigenvalue weighted by molar-refractivity contribution is 0.131. The predicted octanol–water partition coefficient (Wildman–Crippen LogP) is 3.53. The molecule has 1 rings (SSSR count). The molecule has 0 spiro atoms. The summed E-state index contributed by atoms with van der Waals surface area (Å²) in [6, 6.07) is 3.62. The van der Waals surface area contributed by atoms with Crippen molar-refractivity contribution in [2.45, 2.75) is 32.8 Å². The quantitative estimate of drug-likeness (QED) is 0.413. The number of hydrogen-bond donors (Lipinski definition) is 0. The molecule has 0 aliphatic heterocycles. The Labute approximate surface area is 93.9 Å². The van der Waals surface area contributed by atoms with Gasteiger partial charge in [0.2, 0.25) is 0 Å². The summed E-state index contributed by atoms with van der Waals surface area (Å²) in [5, 5.41) is 3.59. The van der Waals surface area contributed by atoms with Gasteiger partial charge in [-0.05, 0) is 30.5 Å². The molecule has 87 valence electrons. The van der Waals surface area contributed by atoms with Crippen LogP contribution in [0.4, 0.5) is 8.78 Å². The van der Waals surface area contributed by atoms with Gasteiger partial charge in [-0.1, -0.05) is 24.6 Å². The standard InChI is InChI=1S/C12H14F2NO/c1-2-3-4-7-15-16-9-10-5-6-11(13)12(14)8-10/h5-6,8H,2-4,9H2,1H3. The van der Waals surface area contributed by atoms with Gasteiger partial charge in [-0.25, -0.2) is 8.78 Å². The average Bonchev–Trinajstić information content (AvgIpc) is 2.28. The van der Waals surface area contributed by atoms with Crippen LogP contribution >= 0.6 is 0 Å². The molecule has 0 N–H and O–H groups in total. The van der Waals surface area contributed by atoms with Crippen LogP contribution in [0.5, 0.6) is 0 Å². The smallest absolute Gasteiger partial charge is 0.159 e. The Bertz CT molecular complexity index is 353. The summed E-state index contributed by atoms with van der Waals surface area (Å²) in [5.41, 5.74) is 0.542. The Balaban J connectivity index is 2.32. The average molecular weight is 226 g/mol. The zero-order chi connectivity index (χ0) is 11.8. The van der Waals surface area contributed by atoms with E-state index in [1.165, 1.54) is 6.07 Å². The molecule has 16 heavy (non-hydrogen) atoms. The third-order valence-corrected chi connectivity index (χ3v) is 1.99. The second kappa shape index (κ2) is 6.93. The molecule has 0 fully saturated rings. The number of hydrogen-bond acceptors (Lipinski definition) is 2. The third-order valence-electron chi connectivity index (χ3n) is 1.99. The van der Waals surface area contributed by atoms with Gasteiger partial charge in [0.05, 0.1) is 0 Å². The molecule has 0 aliphatic rings. The molecule has 1 radical (unpaired) electrons. The molecular formula is C12H14F2NO. The van der Waals surface area contributed by atoms with Gasteiger partial charge in [0.1, 0.15) is 12.8 Å². The highest BCUT2D eigenvalue weighted by Crippen LogP contribution is 2.09. The number of unbranched alkanes of at least 4 members (excludes halogenated alkanes) is 2. The molecule has 0 atom stereocenters. The van der Waals surface area contributed by atoms with Gasteiger partial charge >= 0.3 is 0 Å². The molecule has 0 unspecified atom stereocenters. The monoisotopic (exact) mass is 226 g/mol. The normalized spacial score (nSPS) is 10.9. The van der Waals surface area contributed by atoms with Crippen LogP contribution in [0.3, 0.4) is 0 Å². The van der Waals surface area contributed by atoms with Crippen molar-refractivity contribution in [2.24, 2.45) is 5.16 Å². The lowest BCUT2D eigenvalue weighted by atomic mass is 10.2. The SMILES string of the molecule is CCCC/[C]=N/OCc1ccc(F)c(F)c1. The number of benzene rings is 1. The van der Waals surface area contributed by atoms with E-state index < -0.39 is 11.6 Å². The van der Waals surface area contributed by atoms with Crippen LogP contribution in [0.15, 0.2) is 23.4 Å². The Kier molecular flexibility index (Phi) is 5.46. The largest absolute Gasteiger partial charge is 0.391 e. The molecule has 2 nitrogen and oxygen atoms in total. The minimum atomic E-state index is -0.875. The molecule has 0 saturated heterocycles. The fourth-order valence-corrected chi connectivity index (χ4v) is 1.08. The molecule has 1 aromatic carbocycles. The van der Waals surface area contributed by atoms with E-state index in [2.05, 4.69) is 18.3 Å². The maximum atomic E-state index is 12.8. The van der Waals surface area contributed by atoms with Gasteiger partial charge in [0.25, 0.3) is 0 Å². The minimum absolute atomic E-state index is 0.121. The second-order valence-corrected chi connectivity index (χ2v) is 3.37. The fourth-order valence-electron chi connectivity index (χ4n) is 1.08. The summed E-state index contributed by atoms with van der Waals surface area (Å²) in [4.78, 5) is 4.89. The third kappa shape index (κ3) is 4.38. The van der Waals surface area contributed by atoms with Crippen molar-refractivity contribution in [3.8, 4) is 0 Å². The summed E-state index contributed by atoms with van der Waals surface area (Å²) in [6.07, 6.45) is 5.55. The van der Waals surface area contributed by atoms with Crippen molar-refractivity contribution >= 4 is 6.21 Å². The van der Waals surface area contributed by atoms with Crippen LogP contribution in [-0.2, 0) is 11.4 Å². The van der Waals surface area contributed by atoms with E-state index in [1.807, 2.05) is 0 Å². The van der Waals surface area contributed by atoms with E-state index in [4.69, 9.17) is 4.84 Å². The Morgan fingerprint density at radius 3 is 2.81 bits per heavy atom. The van der Waals surface area contributed by atoms with Crippen LogP contribution in [0.25, 0.3) is 0 Å². The highest BCUT2D eigenvalue weighted by molar-refractivity contribution is 5.56. The Morgan fingerprint density at radius 2 is 2.12 bits per heavy atom. The van der Waals surface area contributed by atoms with E-state index in [0.29, 0.717) is 5.56 Å². The van der Waals surface area contributed by atoms with E-state index >= 15 is 0 Å². The van der Waals surface area contributed by atoms with Gasteiger partial charge in [-0.15, -0.1) is 0 Å². The summed E-state index contributed by atoms with van der Waals surface area (Å²) in [7, 11) is 0. The van der Waals surface area contributed by atoms with Gasteiger partial charge < -0.3 is 4.84 Å². The van der Waals surface area contributed by atoms with Crippen LogP contribution in [0, 0.1) is 11.6 Å². The van der Waals surface area contributed by atoms with Gasteiger partial charge in [-0.2, -0.15) is 0 Å². The molecule has 0 aliphatic carbocycles. The lowest BCUT2D eigenvalue weighted by Crippen LogP contribution is -1.91. The highest BCUT2D eigenvalue weighted by Gasteiger charge is 2.02. The van der Waals surface area contributed by atoms with Crippen molar-refractivity contribution in [1.82, 2.24) is 0 Å². The van der Waals surface area contributed by atoms with Crippen LogP contribution in [0.1, 0.15) is 31.7 Å². The zero-order valence-corrected chi connectivity index (χ0v) is 9.17. The van der Waals surface area contributed by atoms with Crippen LogP contribution in [-0.4, -0.2) is 6.21 Å². The summed E-state index contributed by atoms with van der Waals surface area (Å²) in [6.45, 7) is 2.19. The zero-order valence-electron chi connectivity index (χ0n) is 9.17. The first kappa shape index (κ1) is 12.6. The Morgan fingerprint density at radius 1 is 1.31 bits per heavy atom. The maximum Gasteiger partial charge on any atom is 0.159 e. The fraction of sp³-hybridized carbons (Fsp3) is 0.417. The van der Waals surface area contributed by atoms with Crippen molar-refractivity contribution < 1.29 is 13.6 Å². The molecule has 4 heteroatoms. The molecular weight excluding hydrogens is 212 g/mol. The summed E-state index contributed by atoms with van der Waals surface area (Å²) in [5.74, 6) is -1.73. The molecule has 0 aromatic heterocycles. The Hall–Kier alpha value is -1.45. The van der Waals surface area contributed by atoms with Crippen molar-refractivity contribution in [3.05, 3.63) is 35.4 Å². The molecule has 0 amide bonds. The van der Waals surface area contributed by atoms with Gasteiger partial charge in [0.15, 0.2) is 11.6 Å². The van der Waals surface area contributed by atoms with Crippen molar-refractivity contribution in [2.75, 3.05) is 0 Å². The summed E-state index contributed by atoms with van der Waals surface area (Å²) < 4.78 is 25.4. The van der Waals surface area contributed by atoms with Crippen LogP contribution < -0.4 is 0 Å². The maximum absolute atomic E-state index is 12.8. The predicted molar refractivity (Wildman–Crippen MR) is 58.1 cm³/mol. The highest BCUT2D eigenvalue weighted by atomic mass is 19.2. The minimum Gasteiger partial charge on any atom is -0.391 e. The number of rotatable bonds is 6. The van der Waals surface area contributed by atoms with E-state index in [1.54, 1.807) is 0 Å².